The van der Waals surface area contributed by atoms with Crippen molar-refractivity contribution >= 4 is 0 Å². The highest BCUT2D eigenvalue weighted by Gasteiger charge is 2.30. The van der Waals surface area contributed by atoms with Crippen molar-refractivity contribution in [2.45, 2.75) is 44.8 Å². The van der Waals surface area contributed by atoms with Gasteiger partial charge in [-0.1, -0.05) is 6.92 Å². The minimum atomic E-state index is -4.36. The van der Waals surface area contributed by atoms with Crippen LogP contribution in [0.2, 0.25) is 0 Å². The fraction of sp³-hybridized carbons (Fsp3) is 1.00. The van der Waals surface area contributed by atoms with Gasteiger partial charge in [0.2, 0.25) is 0 Å². The third kappa shape index (κ3) is 7.06. The summed E-state index contributed by atoms with van der Waals surface area (Å²) in [6.45, 7) is 2.08. The van der Waals surface area contributed by atoms with Crippen LogP contribution in [0.5, 0.6) is 0 Å². The Labute approximate surface area is 79.7 Å². The minimum absolute atomic E-state index is 0.312. The zero-order valence-electron chi connectivity index (χ0n) is 7.87. The second-order valence-corrected chi connectivity index (χ2v) is 3.05. The molecule has 0 heterocycles. The lowest BCUT2D eigenvalue weighted by atomic mass is 10.1. The minimum Gasteiger partial charge on any atom is -0.309 e. The first-order valence-electron chi connectivity index (χ1n) is 4.45. The van der Waals surface area contributed by atoms with E-state index in [4.69, 9.17) is 0 Å². The molecular formula is C8H14F5N. The van der Waals surface area contributed by atoms with Crippen LogP contribution in [0, 0.1) is 0 Å². The normalized spacial score (nSPS) is 14.8. The molecule has 0 aliphatic carbocycles. The summed E-state index contributed by atoms with van der Waals surface area (Å²) in [4.78, 5) is 0. The summed E-state index contributed by atoms with van der Waals surface area (Å²) >= 11 is 0. The molecule has 1 unspecified atom stereocenters. The van der Waals surface area contributed by atoms with E-state index in [1.54, 1.807) is 6.92 Å². The molecule has 14 heavy (non-hydrogen) atoms. The molecular weight excluding hydrogens is 205 g/mol. The van der Waals surface area contributed by atoms with Gasteiger partial charge in [0.1, 0.15) is 0 Å². The molecule has 0 radical (unpaired) electrons. The van der Waals surface area contributed by atoms with Gasteiger partial charge in [-0.15, -0.1) is 0 Å². The van der Waals surface area contributed by atoms with Crippen molar-refractivity contribution in [1.82, 2.24) is 5.32 Å². The van der Waals surface area contributed by atoms with E-state index in [-0.39, 0.29) is 0 Å². The summed E-state index contributed by atoms with van der Waals surface area (Å²) in [5, 5.41) is 2.39. The van der Waals surface area contributed by atoms with Crippen molar-refractivity contribution in [3.8, 4) is 0 Å². The van der Waals surface area contributed by atoms with Crippen LogP contribution < -0.4 is 5.32 Å². The standard InChI is InChI=1S/C8H14F5N/c1-2-5-14-6(7(9)10)3-4-8(11,12)13/h6-7,14H,2-5H2,1H3. The molecule has 86 valence electrons. The third-order valence-corrected chi connectivity index (χ3v) is 1.70. The Bertz CT molecular complexity index is 145. The molecule has 0 bridgehead atoms. The van der Waals surface area contributed by atoms with Crippen LogP contribution in [0.25, 0.3) is 0 Å². The summed E-state index contributed by atoms with van der Waals surface area (Å²) in [6, 6.07) is -1.35. The highest BCUT2D eigenvalue weighted by molar-refractivity contribution is 4.70. The van der Waals surface area contributed by atoms with Crippen molar-refractivity contribution in [2.24, 2.45) is 0 Å². The van der Waals surface area contributed by atoms with Gasteiger partial charge in [0.05, 0.1) is 6.04 Å². The largest absolute Gasteiger partial charge is 0.389 e. The van der Waals surface area contributed by atoms with Gasteiger partial charge in [0, 0.05) is 6.42 Å². The van der Waals surface area contributed by atoms with Crippen LogP contribution in [0.1, 0.15) is 26.2 Å². The van der Waals surface area contributed by atoms with E-state index in [1.807, 2.05) is 0 Å². The molecule has 0 aromatic carbocycles. The zero-order valence-corrected chi connectivity index (χ0v) is 7.87. The molecule has 0 spiro atoms. The monoisotopic (exact) mass is 219 g/mol. The predicted molar refractivity (Wildman–Crippen MR) is 43.4 cm³/mol. The molecule has 0 aliphatic heterocycles. The summed E-state index contributed by atoms with van der Waals surface area (Å²) in [5.41, 5.74) is 0. The van der Waals surface area contributed by atoms with Gasteiger partial charge in [-0.2, -0.15) is 13.2 Å². The van der Waals surface area contributed by atoms with Crippen molar-refractivity contribution in [2.75, 3.05) is 6.54 Å². The summed E-state index contributed by atoms with van der Waals surface area (Å²) < 4.78 is 59.5. The van der Waals surface area contributed by atoms with E-state index in [1.165, 1.54) is 0 Å². The van der Waals surface area contributed by atoms with Crippen molar-refractivity contribution in [1.29, 1.82) is 0 Å². The number of rotatable bonds is 6. The topological polar surface area (TPSA) is 12.0 Å². The lowest BCUT2D eigenvalue weighted by Gasteiger charge is -2.18. The predicted octanol–water partition coefficient (Wildman–Crippen LogP) is 2.96. The molecule has 1 N–H and O–H groups in total. The maximum absolute atomic E-state index is 12.2. The third-order valence-electron chi connectivity index (χ3n) is 1.70. The zero-order chi connectivity index (χ0) is 11.2. The van der Waals surface area contributed by atoms with Gasteiger partial charge in [-0.05, 0) is 19.4 Å². The molecule has 0 rings (SSSR count). The molecule has 0 aliphatic rings. The van der Waals surface area contributed by atoms with Gasteiger partial charge >= 0.3 is 6.18 Å². The Hall–Kier alpha value is -0.390. The highest BCUT2D eigenvalue weighted by Crippen LogP contribution is 2.23. The maximum Gasteiger partial charge on any atom is 0.389 e. The van der Waals surface area contributed by atoms with E-state index in [2.05, 4.69) is 5.32 Å². The Morgan fingerprint density at radius 3 is 2.14 bits per heavy atom. The number of nitrogens with one attached hydrogen (secondary N) is 1. The van der Waals surface area contributed by atoms with Crippen LogP contribution in [0.15, 0.2) is 0 Å². The lowest BCUT2D eigenvalue weighted by Crippen LogP contribution is -2.37. The van der Waals surface area contributed by atoms with Gasteiger partial charge in [0.15, 0.2) is 0 Å². The Morgan fingerprint density at radius 1 is 1.21 bits per heavy atom. The molecule has 1 nitrogen and oxygen atoms in total. The van der Waals surface area contributed by atoms with Crippen molar-refractivity contribution < 1.29 is 22.0 Å². The second kappa shape index (κ2) is 6.16. The van der Waals surface area contributed by atoms with Gasteiger partial charge in [-0.25, -0.2) is 8.78 Å². The molecule has 1 atom stereocenters. The number of hydrogen-bond acceptors (Lipinski definition) is 1. The maximum atomic E-state index is 12.2. The molecule has 0 aromatic heterocycles. The quantitative estimate of drug-likeness (QED) is 0.677. The van der Waals surface area contributed by atoms with Crippen LogP contribution in [-0.2, 0) is 0 Å². The molecule has 0 saturated carbocycles. The van der Waals surface area contributed by atoms with Crippen molar-refractivity contribution in [3.63, 3.8) is 0 Å². The van der Waals surface area contributed by atoms with Crippen LogP contribution >= 0.6 is 0 Å². The highest BCUT2D eigenvalue weighted by atomic mass is 19.4. The second-order valence-electron chi connectivity index (χ2n) is 3.05. The number of alkyl halides is 5. The molecule has 0 amide bonds. The number of halogens is 5. The van der Waals surface area contributed by atoms with Crippen LogP contribution in [0.3, 0.4) is 0 Å². The fourth-order valence-corrected chi connectivity index (χ4v) is 0.966. The van der Waals surface area contributed by atoms with E-state index in [0.29, 0.717) is 13.0 Å². The fourth-order valence-electron chi connectivity index (χ4n) is 0.966. The van der Waals surface area contributed by atoms with Gasteiger partial charge < -0.3 is 5.32 Å². The Balaban J connectivity index is 3.85. The van der Waals surface area contributed by atoms with Crippen molar-refractivity contribution in [3.05, 3.63) is 0 Å². The van der Waals surface area contributed by atoms with E-state index in [9.17, 15) is 22.0 Å². The first-order chi connectivity index (χ1) is 6.37. The molecule has 0 fully saturated rings. The van der Waals surface area contributed by atoms with Crippen LogP contribution in [-0.4, -0.2) is 25.2 Å². The summed E-state index contributed by atoms with van der Waals surface area (Å²) in [7, 11) is 0. The van der Waals surface area contributed by atoms with E-state index in [0.717, 1.165) is 0 Å². The first kappa shape index (κ1) is 13.6. The summed E-state index contributed by atoms with van der Waals surface area (Å²) in [6.07, 6.45) is -8.22. The Kier molecular flexibility index (Phi) is 5.99. The average molecular weight is 219 g/mol. The average Bonchev–Trinajstić information content (AvgIpc) is 2.01. The lowest BCUT2D eigenvalue weighted by molar-refractivity contribution is -0.138. The molecule has 0 aromatic rings. The Morgan fingerprint density at radius 2 is 1.79 bits per heavy atom. The molecule has 6 heteroatoms. The van der Waals surface area contributed by atoms with Crippen LogP contribution in [0.4, 0.5) is 22.0 Å². The SMILES string of the molecule is CCCNC(CCC(F)(F)F)C(F)F. The van der Waals surface area contributed by atoms with E-state index < -0.39 is 31.5 Å². The molecule has 0 saturated heterocycles. The van der Waals surface area contributed by atoms with E-state index >= 15 is 0 Å². The number of hydrogen-bond donors (Lipinski definition) is 1. The summed E-state index contributed by atoms with van der Waals surface area (Å²) in [5.74, 6) is 0. The first-order valence-corrected chi connectivity index (χ1v) is 4.45. The smallest absolute Gasteiger partial charge is 0.309 e. The van der Waals surface area contributed by atoms with Gasteiger partial charge in [-0.3, -0.25) is 0 Å². The van der Waals surface area contributed by atoms with Gasteiger partial charge in [0.25, 0.3) is 6.43 Å².